The van der Waals surface area contributed by atoms with Gasteiger partial charge in [-0.15, -0.1) is 0 Å². The van der Waals surface area contributed by atoms with Gasteiger partial charge in [-0.1, -0.05) is 34.1 Å². The zero-order valence-corrected chi connectivity index (χ0v) is 17.6. The number of nitrogens with zero attached hydrogens (tertiary/aromatic N) is 2. The monoisotopic (exact) mass is 464 g/mol. The zero-order valence-electron chi connectivity index (χ0n) is 16.0. The quantitative estimate of drug-likeness (QED) is 0.614. The van der Waals surface area contributed by atoms with Gasteiger partial charge in [0.05, 0.1) is 0 Å². The number of esters is 1. The standard InChI is InChI=1S/C21H22BrFN2O4/c1-15(29-20(26)14-28-19-8-7-16(22)13-18(19)23)21(27)25-11-9-24(10-12-25)17-5-3-2-4-6-17/h2-8,13,15H,9-12,14H2,1H3. The summed E-state index contributed by atoms with van der Waals surface area (Å²) in [5, 5.41) is 0. The van der Waals surface area contributed by atoms with Gasteiger partial charge in [-0.2, -0.15) is 0 Å². The number of ether oxygens (including phenoxy) is 2. The van der Waals surface area contributed by atoms with Crippen LogP contribution in [0.3, 0.4) is 0 Å². The van der Waals surface area contributed by atoms with Gasteiger partial charge in [0, 0.05) is 36.3 Å². The maximum absolute atomic E-state index is 13.7. The molecule has 29 heavy (non-hydrogen) atoms. The number of carbonyl (C=O) groups excluding carboxylic acids is 2. The number of hydrogen-bond acceptors (Lipinski definition) is 5. The van der Waals surface area contributed by atoms with E-state index in [0.717, 1.165) is 5.69 Å². The normalized spacial score (nSPS) is 15.0. The van der Waals surface area contributed by atoms with Gasteiger partial charge in [0.2, 0.25) is 0 Å². The SMILES string of the molecule is CC(OC(=O)COc1ccc(Br)cc1F)C(=O)N1CCN(c2ccccc2)CC1. The minimum Gasteiger partial charge on any atom is -0.479 e. The Hall–Kier alpha value is -2.61. The smallest absolute Gasteiger partial charge is 0.344 e. The van der Waals surface area contributed by atoms with Crippen molar-refractivity contribution in [1.82, 2.24) is 4.90 Å². The van der Waals surface area contributed by atoms with Gasteiger partial charge in [-0.3, -0.25) is 4.79 Å². The van der Waals surface area contributed by atoms with E-state index in [0.29, 0.717) is 30.7 Å². The second-order valence-electron chi connectivity index (χ2n) is 6.64. The first-order valence-corrected chi connectivity index (χ1v) is 10.1. The summed E-state index contributed by atoms with van der Waals surface area (Å²) < 4.78 is 24.6. The van der Waals surface area contributed by atoms with Crippen molar-refractivity contribution in [2.45, 2.75) is 13.0 Å². The second kappa shape index (κ2) is 9.73. The number of rotatable bonds is 6. The Bertz CT molecular complexity index is 857. The molecule has 0 aliphatic carbocycles. The molecule has 0 N–H and O–H groups in total. The van der Waals surface area contributed by atoms with E-state index in [2.05, 4.69) is 20.8 Å². The molecule has 3 rings (SSSR count). The van der Waals surface area contributed by atoms with Crippen molar-refractivity contribution < 1.29 is 23.5 Å². The number of benzene rings is 2. The molecule has 6 nitrogen and oxygen atoms in total. The Balaban J connectivity index is 1.44. The molecule has 2 aromatic carbocycles. The molecule has 0 spiro atoms. The van der Waals surface area contributed by atoms with Gasteiger partial charge in [-0.25, -0.2) is 9.18 Å². The zero-order chi connectivity index (χ0) is 20.8. The van der Waals surface area contributed by atoms with Gasteiger partial charge < -0.3 is 19.3 Å². The van der Waals surface area contributed by atoms with Crippen LogP contribution in [0.15, 0.2) is 53.0 Å². The molecule has 2 aromatic rings. The molecule has 154 valence electrons. The third-order valence-corrected chi connectivity index (χ3v) is 5.10. The van der Waals surface area contributed by atoms with Crippen LogP contribution in [0.5, 0.6) is 5.75 Å². The number of para-hydroxylation sites is 1. The Morgan fingerprint density at radius 1 is 1.10 bits per heavy atom. The number of hydrogen-bond donors (Lipinski definition) is 0. The van der Waals surface area contributed by atoms with E-state index < -0.39 is 24.5 Å². The Kier molecular flexibility index (Phi) is 7.09. The van der Waals surface area contributed by atoms with E-state index >= 15 is 0 Å². The summed E-state index contributed by atoms with van der Waals surface area (Å²) >= 11 is 3.15. The molecule has 8 heteroatoms. The van der Waals surface area contributed by atoms with Crippen LogP contribution in [0.4, 0.5) is 10.1 Å². The van der Waals surface area contributed by atoms with Gasteiger partial charge in [0.15, 0.2) is 24.3 Å². The van der Waals surface area contributed by atoms with E-state index in [9.17, 15) is 14.0 Å². The maximum Gasteiger partial charge on any atom is 0.344 e. The largest absolute Gasteiger partial charge is 0.479 e. The number of halogens is 2. The van der Waals surface area contributed by atoms with Crippen molar-refractivity contribution >= 4 is 33.5 Å². The third-order valence-electron chi connectivity index (χ3n) is 4.61. The van der Waals surface area contributed by atoms with E-state index in [4.69, 9.17) is 9.47 Å². The molecule has 0 saturated carbocycles. The Morgan fingerprint density at radius 3 is 2.45 bits per heavy atom. The first kappa shape index (κ1) is 21.1. The van der Waals surface area contributed by atoms with Crippen molar-refractivity contribution in [3.63, 3.8) is 0 Å². The highest BCUT2D eigenvalue weighted by atomic mass is 79.9. The molecular weight excluding hydrogens is 443 g/mol. The summed E-state index contributed by atoms with van der Waals surface area (Å²) in [6.07, 6.45) is -0.927. The van der Waals surface area contributed by atoms with E-state index in [1.54, 1.807) is 11.0 Å². The fourth-order valence-corrected chi connectivity index (χ4v) is 3.42. The molecule has 1 saturated heterocycles. The molecular formula is C21H22BrFN2O4. The first-order chi connectivity index (χ1) is 13.9. The molecule has 1 atom stereocenters. The summed E-state index contributed by atoms with van der Waals surface area (Å²) in [6.45, 7) is 3.58. The predicted octanol–water partition coefficient (Wildman–Crippen LogP) is 3.25. The molecule has 0 bridgehead atoms. The van der Waals surface area contributed by atoms with Crippen LogP contribution in [0.25, 0.3) is 0 Å². The average molecular weight is 465 g/mol. The highest BCUT2D eigenvalue weighted by molar-refractivity contribution is 9.10. The van der Waals surface area contributed by atoms with E-state index in [-0.39, 0.29) is 11.7 Å². The van der Waals surface area contributed by atoms with Crippen LogP contribution in [0, 0.1) is 5.82 Å². The van der Waals surface area contributed by atoms with Gasteiger partial charge in [0.1, 0.15) is 0 Å². The summed E-state index contributed by atoms with van der Waals surface area (Å²) in [4.78, 5) is 28.4. The summed E-state index contributed by atoms with van der Waals surface area (Å²) in [5.74, 6) is -1.62. The summed E-state index contributed by atoms with van der Waals surface area (Å²) in [6, 6.07) is 14.3. The van der Waals surface area contributed by atoms with Crippen LogP contribution in [-0.4, -0.2) is 55.7 Å². The Morgan fingerprint density at radius 2 is 1.79 bits per heavy atom. The lowest BCUT2D eigenvalue weighted by molar-refractivity contribution is -0.160. The van der Waals surface area contributed by atoms with Crippen LogP contribution in [0.1, 0.15) is 6.92 Å². The molecule has 0 radical (unpaired) electrons. The number of piperazine rings is 1. The molecule has 1 aliphatic rings. The Labute approximate surface area is 177 Å². The van der Waals surface area contributed by atoms with Crippen molar-refractivity contribution in [2.24, 2.45) is 0 Å². The molecule has 1 amide bonds. The molecule has 1 unspecified atom stereocenters. The summed E-state index contributed by atoms with van der Waals surface area (Å²) in [7, 11) is 0. The fraction of sp³-hybridized carbons (Fsp3) is 0.333. The lowest BCUT2D eigenvalue weighted by atomic mass is 10.2. The van der Waals surface area contributed by atoms with Crippen LogP contribution < -0.4 is 9.64 Å². The summed E-state index contributed by atoms with van der Waals surface area (Å²) in [5.41, 5.74) is 1.12. The average Bonchev–Trinajstić information content (AvgIpc) is 2.73. The van der Waals surface area contributed by atoms with Gasteiger partial charge >= 0.3 is 5.97 Å². The van der Waals surface area contributed by atoms with Crippen LogP contribution in [0.2, 0.25) is 0 Å². The van der Waals surface area contributed by atoms with Crippen LogP contribution >= 0.6 is 15.9 Å². The van der Waals surface area contributed by atoms with Crippen LogP contribution in [-0.2, 0) is 14.3 Å². The molecule has 0 aromatic heterocycles. The second-order valence-corrected chi connectivity index (χ2v) is 7.56. The predicted molar refractivity (Wildman–Crippen MR) is 110 cm³/mol. The third kappa shape index (κ3) is 5.69. The topological polar surface area (TPSA) is 59.1 Å². The fourth-order valence-electron chi connectivity index (χ4n) is 3.09. The number of anilines is 1. The number of carbonyl (C=O) groups is 2. The lowest BCUT2D eigenvalue weighted by Gasteiger charge is -2.37. The minimum absolute atomic E-state index is 0.0545. The van der Waals surface area contributed by atoms with Crippen molar-refractivity contribution in [3.05, 3.63) is 58.8 Å². The highest BCUT2D eigenvalue weighted by Crippen LogP contribution is 2.21. The van der Waals surface area contributed by atoms with Gasteiger partial charge in [-0.05, 0) is 37.3 Å². The van der Waals surface area contributed by atoms with Crippen molar-refractivity contribution in [1.29, 1.82) is 0 Å². The molecule has 1 heterocycles. The first-order valence-electron chi connectivity index (χ1n) is 9.30. The van der Waals surface area contributed by atoms with Crippen molar-refractivity contribution in [2.75, 3.05) is 37.7 Å². The minimum atomic E-state index is -0.927. The molecule has 1 aliphatic heterocycles. The molecule has 1 fully saturated rings. The lowest BCUT2D eigenvalue weighted by Crippen LogP contribution is -2.51. The highest BCUT2D eigenvalue weighted by Gasteiger charge is 2.27. The van der Waals surface area contributed by atoms with E-state index in [1.165, 1.54) is 19.1 Å². The van der Waals surface area contributed by atoms with Gasteiger partial charge in [0.25, 0.3) is 5.91 Å². The number of amides is 1. The van der Waals surface area contributed by atoms with Crippen molar-refractivity contribution in [3.8, 4) is 5.75 Å². The van der Waals surface area contributed by atoms with E-state index in [1.807, 2.05) is 30.3 Å². The maximum atomic E-state index is 13.7.